The van der Waals surface area contributed by atoms with E-state index in [2.05, 4.69) is 11.6 Å². The third kappa shape index (κ3) is 3.12. The van der Waals surface area contributed by atoms with E-state index < -0.39 is 23.7 Å². The molecule has 0 amide bonds. The Balaban J connectivity index is 3.33. The Bertz CT molecular complexity index is 561. The second kappa shape index (κ2) is 6.33. The first-order chi connectivity index (χ1) is 8.93. The molecule has 0 aliphatic rings. The topological polar surface area (TPSA) is 55.1 Å². The SMILES string of the molecule is C=C/C=C\C(=C/C)[C@@H](C)n1c(Cl)nc(F)c1C(=O)O. The summed E-state index contributed by atoms with van der Waals surface area (Å²) in [5, 5.41) is 8.83. The van der Waals surface area contributed by atoms with Gasteiger partial charge in [-0.3, -0.25) is 4.57 Å². The first-order valence-corrected chi connectivity index (χ1v) is 5.93. The molecule has 1 aromatic rings. The number of aromatic nitrogens is 2. The van der Waals surface area contributed by atoms with Crippen molar-refractivity contribution in [3.63, 3.8) is 0 Å². The van der Waals surface area contributed by atoms with Crippen LogP contribution in [0.3, 0.4) is 0 Å². The van der Waals surface area contributed by atoms with Gasteiger partial charge in [0.2, 0.25) is 11.2 Å². The van der Waals surface area contributed by atoms with Crippen molar-refractivity contribution in [2.45, 2.75) is 19.9 Å². The summed E-state index contributed by atoms with van der Waals surface area (Å²) in [4.78, 5) is 14.4. The van der Waals surface area contributed by atoms with Crippen LogP contribution in [0.15, 0.2) is 36.5 Å². The van der Waals surface area contributed by atoms with Gasteiger partial charge in [-0.25, -0.2) is 4.79 Å². The molecule has 0 aromatic carbocycles. The van der Waals surface area contributed by atoms with Crippen molar-refractivity contribution in [2.75, 3.05) is 0 Å². The molecular formula is C13H14ClFN2O2. The van der Waals surface area contributed by atoms with Gasteiger partial charge in [0.25, 0.3) is 0 Å². The minimum Gasteiger partial charge on any atom is -0.476 e. The van der Waals surface area contributed by atoms with Crippen LogP contribution in [0.2, 0.25) is 5.28 Å². The smallest absolute Gasteiger partial charge is 0.357 e. The van der Waals surface area contributed by atoms with E-state index in [0.29, 0.717) is 0 Å². The summed E-state index contributed by atoms with van der Waals surface area (Å²) >= 11 is 5.80. The van der Waals surface area contributed by atoms with Crippen LogP contribution in [0.4, 0.5) is 4.39 Å². The van der Waals surface area contributed by atoms with E-state index in [0.717, 1.165) is 10.1 Å². The van der Waals surface area contributed by atoms with E-state index in [1.54, 1.807) is 38.2 Å². The van der Waals surface area contributed by atoms with Crippen LogP contribution < -0.4 is 0 Å². The van der Waals surface area contributed by atoms with Crippen molar-refractivity contribution in [3.05, 3.63) is 53.4 Å². The average Bonchev–Trinajstić information content (AvgIpc) is 2.64. The average molecular weight is 285 g/mol. The summed E-state index contributed by atoms with van der Waals surface area (Å²) in [6.45, 7) is 7.06. The Morgan fingerprint density at radius 3 is 2.74 bits per heavy atom. The molecule has 1 aromatic heterocycles. The molecular weight excluding hydrogens is 271 g/mol. The Labute approximate surface area is 115 Å². The minimum absolute atomic E-state index is 0.200. The van der Waals surface area contributed by atoms with Gasteiger partial charge in [-0.05, 0) is 31.0 Å². The fourth-order valence-electron chi connectivity index (χ4n) is 1.73. The number of hydrogen-bond acceptors (Lipinski definition) is 2. The summed E-state index contributed by atoms with van der Waals surface area (Å²) in [5.41, 5.74) is 0.213. The quantitative estimate of drug-likeness (QED) is 0.840. The Morgan fingerprint density at radius 1 is 1.63 bits per heavy atom. The fraction of sp³-hybridized carbons (Fsp3) is 0.231. The molecule has 1 N–H and O–H groups in total. The van der Waals surface area contributed by atoms with E-state index in [9.17, 15) is 9.18 Å². The van der Waals surface area contributed by atoms with Gasteiger partial charge in [0.1, 0.15) is 0 Å². The summed E-state index contributed by atoms with van der Waals surface area (Å²) in [6.07, 6.45) is 6.82. The van der Waals surface area contributed by atoms with Gasteiger partial charge in [0, 0.05) is 0 Å². The van der Waals surface area contributed by atoms with Crippen LogP contribution in [-0.4, -0.2) is 20.6 Å². The molecule has 0 unspecified atom stereocenters. The lowest BCUT2D eigenvalue weighted by molar-refractivity contribution is 0.0678. The standard InChI is InChI=1S/C13H14ClFN2O2/c1-4-6-7-9(5-2)8(3)17-10(12(18)19)11(15)16-13(17)14/h4-8H,1H2,2-3H3,(H,18,19)/b7-6-,9-5+/t8-/m1/s1. The van der Waals surface area contributed by atoms with Crippen LogP contribution >= 0.6 is 11.6 Å². The number of halogens is 2. The molecule has 4 nitrogen and oxygen atoms in total. The van der Waals surface area contributed by atoms with Gasteiger partial charge in [-0.1, -0.05) is 30.9 Å². The normalized spacial score (nSPS) is 13.8. The van der Waals surface area contributed by atoms with Gasteiger partial charge in [-0.2, -0.15) is 9.37 Å². The van der Waals surface area contributed by atoms with Crippen molar-refractivity contribution in [1.82, 2.24) is 9.55 Å². The van der Waals surface area contributed by atoms with Crippen LogP contribution in [0.1, 0.15) is 30.4 Å². The molecule has 0 bridgehead atoms. The largest absolute Gasteiger partial charge is 0.476 e. The first kappa shape index (κ1) is 15.2. The molecule has 1 atom stereocenters. The predicted octanol–water partition coefficient (Wildman–Crippen LogP) is 3.62. The van der Waals surface area contributed by atoms with Crippen molar-refractivity contribution >= 4 is 17.6 Å². The molecule has 1 heterocycles. The molecule has 0 spiro atoms. The third-order valence-corrected chi connectivity index (χ3v) is 2.92. The monoisotopic (exact) mass is 284 g/mol. The van der Waals surface area contributed by atoms with Gasteiger partial charge in [-0.15, -0.1) is 0 Å². The molecule has 0 saturated heterocycles. The Kier molecular flexibility index (Phi) is 5.06. The zero-order valence-electron chi connectivity index (χ0n) is 10.6. The molecule has 0 fully saturated rings. The van der Waals surface area contributed by atoms with Gasteiger partial charge >= 0.3 is 5.97 Å². The Morgan fingerprint density at radius 2 is 2.26 bits per heavy atom. The molecule has 0 aliphatic carbocycles. The number of carboxylic acid groups (broad SMARTS) is 1. The molecule has 0 aliphatic heterocycles. The lowest BCUT2D eigenvalue weighted by Gasteiger charge is -2.17. The van der Waals surface area contributed by atoms with Crippen LogP contribution in [0.25, 0.3) is 0 Å². The summed E-state index contributed by atoms with van der Waals surface area (Å²) in [6, 6.07) is -0.461. The number of carboxylic acids is 1. The highest BCUT2D eigenvalue weighted by Gasteiger charge is 2.26. The number of hydrogen-bond donors (Lipinski definition) is 1. The zero-order chi connectivity index (χ0) is 14.6. The maximum absolute atomic E-state index is 13.5. The van der Waals surface area contributed by atoms with E-state index in [1.807, 2.05) is 0 Å². The van der Waals surface area contributed by atoms with E-state index in [-0.39, 0.29) is 5.28 Å². The Hall–Kier alpha value is -1.88. The van der Waals surface area contributed by atoms with Crippen LogP contribution in [-0.2, 0) is 0 Å². The van der Waals surface area contributed by atoms with Crippen molar-refractivity contribution in [1.29, 1.82) is 0 Å². The van der Waals surface area contributed by atoms with Crippen molar-refractivity contribution < 1.29 is 14.3 Å². The highest BCUT2D eigenvalue weighted by Crippen LogP contribution is 2.26. The van der Waals surface area contributed by atoms with Gasteiger partial charge < -0.3 is 5.11 Å². The van der Waals surface area contributed by atoms with E-state index >= 15 is 0 Å². The summed E-state index contributed by atoms with van der Waals surface area (Å²) < 4.78 is 14.6. The van der Waals surface area contributed by atoms with E-state index in [1.165, 1.54) is 0 Å². The summed E-state index contributed by atoms with van der Waals surface area (Å²) in [5.74, 6) is -2.50. The zero-order valence-corrected chi connectivity index (χ0v) is 11.4. The van der Waals surface area contributed by atoms with E-state index in [4.69, 9.17) is 16.7 Å². The first-order valence-electron chi connectivity index (χ1n) is 5.55. The second-order valence-electron chi connectivity index (χ2n) is 3.75. The highest BCUT2D eigenvalue weighted by atomic mass is 35.5. The minimum atomic E-state index is -1.41. The lowest BCUT2D eigenvalue weighted by Crippen LogP contribution is -2.15. The number of nitrogens with zero attached hydrogens (tertiary/aromatic N) is 2. The highest BCUT2D eigenvalue weighted by molar-refractivity contribution is 6.28. The number of rotatable bonds is 5. The maximum Gasteiger partial charge on any atom is 0.357 e. The maximum atomic E-state index is 13.5. The molecule has 0 saturated carbocycles. The third-order valence-electron chi connectivity index (χ3n) is 2.66. The van der Waals surface area contributed by atoms with Crippen molar-refractivity contribution in [2.24, 2.45) is 0 Å². The molecule has 102 valence electrons. The molecule has 1 rings (SSSR count). The lowest BCUT2D eigenvalue weighted by atomic mass is 10.1. The molecule has 19 heavy (non-hydrogen) atoms. The fourth-order valence-corrected chi connectivity index (χ4v) is 2.03. The molecule has 0 radical (unpaired) electrons. The number of imidazole rings is 1. The number of carbonyl (C=O) groups is 1. The number of allylic oxidation sites excluding steroid dienone is 5. The van der Waals surface area contributed by atoms with Crippen LogP contribution in [0, 0.1) is 5.95 Å². The molecule has 6 heteroatoms. The number of aromatic carboxylic acids is 1. The van der Waals surface area contributed by atoms with Crippen molar-refractivity contribution in [3.8, 4) is 0 Å². The predicted molar refractivity (Wildman–Crippen MR) is 72.0 cm³/mol. The van der Waals surface area contributed by atoms with Gasteiger partial charge in [0.15, 0.2) is 5.69 Å². The second-order valence-corrected chi connectivity index (χ2v) is 4.09. The van der Waals surface area contributed by atoms with Crippen LogP contribution in [0.5, 0.6) is 0 Å². The summed E-state index contributed by atoms with van der Waals surface area (Å²) in [7, 11) is 0. The van der Waals surface area contributed by atoms with Gasteiger partial charge in [0.05, 0.1) is 6.04 Å².